The summed E-state index contributed by atoms with van der Waals surface area (Å²) in [5.74, 6) is -0.0581. The molecule has 1 unspecified atom stereocenters. The van der Waals surface area contributed by atoms with Gasteiger partial charge < -0.3 is 5.32 Å². The summed E-state index contributed by atoms with van der Waals surface area (Å²) in [6.45, 7) is 4.91. The van der Waals surface area contributed by atoms with Crippen LogP contribution in [-0.4, -0.2) is 31.1 Å². The predicted molar refractivity (Wildman–Crippen MR) is 68.5 cm³/mol. The first-order chi connectivity index (χ1) is 8.24. The van der Waals surface area contributed by atoms with Crippen molar-refractivity contribution < 1.29 is 4.39 Å². The Balaban J connectivity index is 2.08. The molecule has 2 rings (SSSR count). The van der Waals surface area contributed by atoms with Gasteiger partial charge in [0.05, 0.1) is 0 Å². The summed E-state index contributed by atoms with van der Waals surface area (Å²) >= 11 is 0. The van der Waals surface area contributed by atoms with Crippen LogP contribution in [0.5, 0.6) is 0 Å². The lowest BCUT2D eigenvalue weighted by molar-refractivity contribution is 0.316. The number of likely N-dealkylation sites (N-methyl/N-ethyl adjacent to an activating group) is 1. The van der Waals surface area contributed by atoms with Crippen LogP contribution in [0.25, 0.3) is 0 Å². The third-order valence-electron chi connectivity index (χ3n) is 3.66. The minimum Gasteiger partial charge on any atom is -0.316 e. The number of nitrogens with zero attached hydrogens (tertiary/aromatic N) is 1. The van der Waals surface area contributed by atoms with E-state index in [1.165, 1.54) is 0 Å². The third kappa shape index (κ3) is 2.85. The molecule has 1 aliphatic rings. The molecule has 1 fully saturated rings. The van der Waals surface area contributed by atoms with E-state index in [2.05, 4.69) is 17.1 Å². The van der Waals surface area contributed by atoms with Gasteiger partial charge in [-0.2, -0.15) is 0 Å². The topological polar surface area (TPSA) is 15.3 Å². The van der Waals surface area contributed by atoms with Crippen LogP contribution in [0.1, 0.15) is 24.5 Å². The molecular formula is C14H21FN2. The fourth-order valence-electron chi connectivity index (χ4n) is 2.55. The van der Waals surface area contributed by atoms with Crippen molar-refractivity contribution in [2.75, 3.05) is 20.1 Å². The van der Waals surface area contributed by atoms with E-state index in [0.717, 1.165) is 43.6 Å². The van der Waals surface area contributed by atoms with E-state index in [1.54, 1.807) is 12.1 Å². The maximum Gasteiger partial charge on any atom is 0.127 e. The molecule has 1 aromatic rings. The number of aryl methyl sites for hydroxylation is 1. The fourth-order valence-corrected chi connectivity index (χ4v) is 2.55. The Hall–Kier alpha value is -0.930. The molecule has 0 radical (unpaired) electrons. The smallest absolute Gasteiger partial charge is 0.127 e. The molecule has 1 saturated heterocycles. The average molecular weight is 236 g/mol. The Morgan fingerprint density at radius 1 is 1.47 bits per heavy atom. The maximum atomic E-state index is 13.8. The fraction of sp³-hybridized carbons (Fsp3) is 0.571. The molecule has 0 saturated carbocycles. The van der Waals surface area contributed by atoms with Crippen molar-refractivity contribution in [3.63, 3.8) is 0 Å². The first-order valence-corrected chi connectivity index (χ1v) is 6.40. The van der Waals surface area contributed by atoms with E-state index in [-0.39, 0.29) is 5.82 Å². The Kier molecular flexibility index (Phi) is 4.13. The normalized spacial score (nSPS) is 21.0. The van der Waals surface area contributed by atoms with Gasteiger partial charge in [-0.3, -0.25) is 4.90 Å². The summed E-state index contributed by atoms with van der Waals surface area (Å²) < 4.78 is 13.8. The Morgan fingerprint density at radius 3 is 2.94 bits per heavy atom. The summed E-state index contributed by atoms with van der Waals surface area (Å²) in [4.78, 5) is 2.33. The van der Waals surface area contributed by atoms with Gasteiger partial charge in [0.1, 0.15) is 5.82 Å². The molecule has 0 aliphatic carbocycles. The van der Waals surface area contributed by atoms with Gasteiger partial charge in [0, 0.05) is 31.2 Å². The first kappa shape index (κ1) is 12.5. The first-order valence-electron chi connectivity index (χ1n) is 6.40. The highest BCUT2D eigenvalue weighted by molar-refractivity contribution is 5.28. The van der Waals surface area contributed by atoms with Crippen LogP contribution in [0.4, 0.5) is 4.39 Å². The maximum absolute atomic E-state index is 13.8. The number of nitrogens with one attached hydrogen (secondary N) is 1. The Labute approximate surface area is 103 Å². The second kappa shape index (κ2) is 5.61. The largest absolute Gasteiger partial charge is 0.316 e. The minimum atomic E-state index is -0.0581. The molecule has 0 amide bonds. The summed E-state index contributed by atoms with van der Waals surface area (Å²) in [6.07, 6.45) is 2.06. The van der Waals surface area contributed by atoms with Crippen LogP contribution in [0, 0.1) is 5.82 Å². The van der Waals surface area contributed by atoms with Gasteiger partial charge in [0.25, 0.3) is 0 Å². The lowest BCUT2D eigenvalue weighted by Gasteiger charge is -2.18. The molecule has 94 valence electrons. The second-order valence-corrected chi connectivity index (χ2v) is 4.74. The molecule has 0 spiro atoms. The zero-order valence-corrected chi connectivity index (χ0v) is 10.7. The van der Waals surface area contributed by atoms with Crippen LogP contribution < -0.4 is 5.32 Å². The van der Waals surface area contributed by atoms with Crippen LogP contribution in [-0.2, 0) is 13.0 Å². The molecule has 1 heterocycles. The van der Waals surface area contributed by atoms with Crippen LogP contribution >= 0.6 is 0 Å². The van der Waals surface area contributed by atoms with E-state index in [0.29, 0.717) is 6.04 Å². The molecule has 1 aliphatic heterocycles. The van der Waals surface area contributed by atoms with Gasteiger partial charge in [-0.25, -0.2) is 4.39 Å². The highest BCUT2D eigenvalue weighted by Crippen LogP contribution is 2.19. The van der Waals surface area contributed by atoms with Crippen molar-refractivity contribution >= 4 is 0 Å². The van der Waals surface area contributed by atoms with Gasteiger partial charge in [-0.05, 0) is 31.5 Å². The number of likely N-dealkylation sites (tertiary alicyclic amines) is 1. The monoisotopic (exact) mass is 236 g/mol. The lowest BCUT2D eigenvalue weighted by atomic mass is 10.0. The SMILES string of the molecule is CCc1cccc(F)c1CN1CCC(NC)C1. The van der Waals surface area contributed by atoms with Gasteiger partial charge in [-0.1, -0.05) is 19.1 Å². The molecule has 1 atom stereocenters. The van der Waals surface area contributed by atoms with E-state index in [1.807, 2.05) is 13.1 Å². The number of rotatable bonds is 4. The Morgan fingerprint density at radius 2 is 2.29 bits per heavy atom. The lowest BCUT2D eigenvalue weighted by Crippen LogP contribution is -2.29. The average Bonchev–Trinajstić information content (AvgIpc) is 2.79. The molecule has 3 heteroatoms. The molecule has 1 N–H and O–H groups in total. The number of halogens is 1. The number of hydrogen-bond donors (Lipinski definition) is 1. The van der Waals surface area contributed by atoms with E-state index in [4.69, 9.17) is 0 Å². The van der Waals surface area contributed by atoms with Crippen molar-refractivity contribution in [1.82, 2.24) is 10.2 Å². The number of benzene rings is 1. The van der Waals surface area contributed by atoms with Crippen LogP contribution in [0.3, 0.4) is 0 Å². The molecule has 17 heavy (non-hydrogen) atoms. The molecule has 0 bridgehead atoms. The van der Waals surface area contributed by atoms with Gasteiger partial charge in [0.2, 0.25) is 0 Å². The molecule has 2 nitrogen and oxygen atoms in total. The van der Waals surface area contributed by atoms with Crippen molar-refractivity contribution in [3.05, 3.63) is 35.1 Å². The zero-order valence-electron chi connectivity index (χ0n) is 10.7. The van der Waals surface area contributed by atoms with Gasteiger partial charge >= 0.3 is 0 Å². The molecule has 0 aromatic heterocycles. The van der Waals surface area contributed by atoms with Gasteiger partial charge in [-0.15, -0.1) is 0 Å². The summed E-state index contributed by atoms with van der Waals surface area (Å²) in [5.41, 5.74) is 2.02. The van der Waals surface area contributed by atoms with Crippen LogP contribution in [0.2, 0.25) is 0 Å². The summed E-state index contributed by atoms with van der Waals surface area (Å²) in [7, 11) is 1.99. The molecule has 1 aromatic carbocycles. The highest BCUT2D eigenvalue weighted by atomic mass is 19.1. The van der Waals surface area contributed by atoms with Gasteiger partial charge in [0.15, 0.2) is 0 Å². The summed E-state index contributed by atoms with van der Waals surface area (Å²) in [5, 5.41) is 3.29. The predicted octanol–water partition coefficient (Wildman–Crippen LogP) is 2.18. The molecular weight excluding hydrogens is 215 g/mol. The van der Waals surface area contributed by atoms with Crippen LogP contribution in [0.15, 0.2) is 18.2 Å². The minimum absolute atomic E-state index is 0.0581. The van der Waals surface area contributed by atoms with E-state index in [9.17, 15) is 4.39 Å². The second-order valence-electron chi connectivity index (χ2n) is 4.74. The quantitative estimate of drug-likeness (QED) is 0.862. The van der Waals surface area contributed by atoms with E-state index >= 15 is 0 Å². The summed E-state index contributed by atoms with van der Waals surface area (Å²) in [6, 6.07) is 5.97. The standard InChI is InChI=1S/C14H21FN2/c1-3-11-5-4-6-14(15)13(11)10-17-8-7-12(9-17)16-2/h4-6,12,16H,3,7-10H2,1-2H3. The van der Waals surface area contributed by atoms with Crippen molar-refractivity contribution in [2.45, 2.75) is 32.4 Å². The third-order valence-corrected chi connectivity index (χ3v) is 3.66. The van der Waals surface area contributed by atoms with Crippen molar-refractivity contribution in [3.8, 4) is 0 Å². The zero-order chi connectivity index (χ0) is 12.3. The highest BCUT2D eigenvalue weighted by Gasteiger charge is 2.22. The van der Waals surface area contributed by atoms with Crippen molar-refractivity contribution in [1.29, 1.82) is 0 Å². The van der Waals surface area contributed by atoms with Crippen molar-refractivity contribution in [2.24, 2.45) is 0 Å². The van der Waals surface area contributed by atoms with E-state index < -0.39 is 0 Å². The Bertz CT molecular complexity index is 378. The number of hydrogen-bond acceptors (Lipinski definition) is 2.